The second kappa shape index (κ2) is 2.75. The third kappa shape index (κ3) is 1.40. The monoisotopic (exact) mass is 138 g/mol. The van der Waals surface area contributed by atoms with E-state index in [1.54, 1.807) is 0 Å². The smallest absolute Gasteiger partial charge is 0.102 e. The Kier molecular flexibility index (Phi) is 1.76. The Labute approximate surface area is 62.1 Å². The molecule has 1 heteroatoms. The highest BCUT2D eigenvalue weighted by Crippen LogP contribution is 2.29. The Hall–Kier alpha value is -0.300. The Balaban J connectivity index is 1.88. The average Bonchev–Trinajstić information content (AvgIpc) is 2.66. The van der Waals surface area contributed by atoms with E-state index >= 15 is 0 Å². The summed E-state index contributed by atoms with van der Waals surface area (Å²) in [4.78, 5) is 0. The molecule has 0 aromatic rings. The molecule has 56 valence electrons. The summed E-state index contributed by atoms with van der Waals surface area (Å²) >= 11 is 0. The van der Waals surface area contributed by atoms with Crippen LogP contribution in [0.3, 0.4) is 0 Å². The van der Waals surface area contributed by atoms with Gasteiger partial charge in [-0.3, -0.25) is 0 Å². The Morgan fingerprint density at radius 1 is 1.20 bits per heavy atom. The number of rotatable bonds is 0. The molecule has 0 radical (unpaired) electrons. The van der Waals surface area contributed by atoms with Crippen LogP contribution in [0.4, 0.5) is 0 Å². The summed E-state index contributed by atoms with van der Waals surface area (Å²) in [6, 6.07) is 0. The van der Waals surface area contributed by atoms with Gasteiger partial charge in [0.25, 0.3) is 0 Å². The first-order valence-electron chi connectivity index (χ1n) is 4.29. The summed E-state index contributed by atoms with van der Waals surface area (Å²) in [7, 11) is 0. The molecule has 1 fully saturated rings. The SMILES string of the molecule is C1=C\C2OC2CCCCC/1. The van der Waals surface area contributed by atoms with Gasteiger partial charge < -0.3 is 4.74 Å². The zero-order valence-corrected chi connectivity index (χ0v) is 6.25. The van der Waals surface area contributed by atoms with E-state index in [4.69, 9.17) is 4.74 Å². The first-order chi connectivity index (χ1) is 4.97. The molecule has 0 saturated carbocycles. The van der Waals surface area contributed by atoms with Gasteiger partial charge in [-0.2, -0.15) is 0 Å². The van der Waals surface area contributed by atoms with E-state index in [-0.39, 0.29) is 0 Å². The van der Waals surface area contributed by atoms with Crippen molar-refractivity contribution in [3.8, 4) is 0 Å². The zero-order chi connectivity index (χ0) is 6.81. The fourth-order valence-electron chi connectivity index (χ4n) is 1.57. The molecule has 0 N–H and O–H groups in total. The molecule has 1 aliphatic carbocycles. The first kappa shape index (κ1) is 6.41. The van der Waals surface area contributed by atoms with Crippen LogP contribution < -0.4 is 0 Å². The van der Waals surface area contributed by atoms with Crippen LogP contribution in [-0.4, -0.2) is 12.2 Å². The first-order valence-corrected chi connectivity index (χ1v) is 4.29. The Morgan fingerprint density at radius 2 is 2.20 bits per heavy atom. The van der Waals surface area contributed by atoms with Crippen LogP contribution in [0.2, 0.25) is 0 Å². The van der Waals surface area contributed by atoms with Gasteiger partial charge in [-0.1, -0.05) is 25.0 Å². The van der Waals surface area contributed by atoms with E-state index in [9.17, 15) is 0 Å². The summed E-state index contributed by atoms with van der Waals surface area (Å²) in [6.07, 6.45) is 12.3. The summed E-state index contributed by atoms with van der Waals surface area (Å²) in [5.74, 6) is 0. The van der Waals surface area contributed by atoms with Crippen molar-refractivity contribution in [3.63, 3.8) is 0 Å². The van der Waals surface area contributed by atoms with E-state index in [0.717, 1.165) is 0 Å². The van der Waals surface area contributed by atoms with E-state index in [1.807, 2.05) is 0 Å². The molecule has 2 aliphatic rings. The highest BCUT2D eigenvalue weighted by Gasteiger charge is 2.35. The second-order valence-electron chi connectivity index (χ2n) is 3.21. The molecule has 2 atom stereocenters. The largest absolute Gasteiger partial charge is 0.365 e. The van der Waals surface area contributed by atoms with Crippen LogP contribution >= 0.6 is 0 Å². The number of hydrogen-bond donors (Lipinski definition) is 0. The van der Waals surface area contributed by atoms with Gasteiger partial charge in [0.2, 0.25) is 0 Å². The van der Waals surface area contributed by atoms with Gasteiger partial charge in [0, 0.05) is 0 Å². The minimum atomic E-state index is 0.498. The minimum Gasteiger partial charge on any atom is -0.365 e. The maximum Gasteiger partial charge on any atom is 0.102 e. The molecule has 0 bridgehead atoms. The van der Waals surface area contributed by atoms with E-state index < -0.39 is 0 Å². The topological polar surface area (TPSA) is 12.5 Å². The number of epoxide rings is 1. The molecule has 10 heavy (non-hydrogen) atoms. The van der Waals surface area contributed by atoms with Gasteiger partial charge in [-0.25, -0.2) is 0 Å². The molecule has 1 nitrogen and oxygen atoms in total. The summed E-state index contributed by atoms with van der Waals surface area (Å²) in [5, 5.41) is 0. The molecule has 0 amide bonds. The lowest BCUT2D eigenvalue weighted by Crippen LogP contribution is -1.88. The van der Waals surface area contributed by atoms with Gasteiger partial charge >= 0.3 is 0 Å². The number of hydrogen-bond acceptors (Lipinski definition) is 1. The van der Waals surface area contributed by atoms with Crippen molar-refractivity contribution in [2.24, 2.45) is 0 Å². The fourth-order valence-corrected chi connectivity index (χ4v) is 1.57. The molecule has 0 spiro atoms. The van der Waals surface area contributed by atoms with Crippen LogP contribution in [-0.2, 0) is 4.74 Å². The minimum absolute atomic E-state index is 0.498. The van der Waals surface area contributed by atoms with Crippen molar-refractivity contribution >= 4 is 0 Å². The number of ether oxygens (including phenoxy) is 1. The third-order valence-corrected chi connectivity index (χ3v) is 2.31. The van der Waals surface area contributed by atoms with Crippen molar-refractivity contribution < 1.29 is 4.74 Å². The highest BCUT2D eigenvalue weighted by atomic mass is 16.6. The van der Waals surface area contributed by atoms with Crippen LogP contribution in [0, 0.1) is 0 Å². The van der Waals surface area contributed by atoms with Crippen LogP contribution in [0.25, 0.3) is 0 Å². The maximum absolute atomic E-state index is 5.41. The van der Waals surface area contributed by atoms with Crippen LogP contribution in [0.1, 0.15) is 32.1 Å². The van der Waals surface area contributed by atoms with Crippen LogP contribution in [0.5, 0.6) is 0 Å². The zero-order valence-electron chi connectivity index (χ0n) is 6.25. The molecule has 0 aromatic heterocycles. The molecular weight excluding hydrogens is 124 g/mol. The second-order valence-corrected chi connectivity index (χ2v) is 3.21. The summed E-state index contributed by atoms with van der Waals surface area (Å²) < 4.78 is 5.41. The van der Waals surface area contributed by atoms with Crippen molar-refractivity contribution in [1.29, 1.82) is 0 Å². The molecule has 2 unspecified atom stereocenters. The lowest BCUT2D eigenvalue weighted by atomic mass is 10.1. The van der Waals surface area contributed by atoms with Crippen molar-refractivity contribution in [1.82, 2.24) is 0 Å². The third-order valence-electron chi connectivity index (χ3n) is 2.31. The number of allylic oxidation sites excluding steroid dienone is 1. The van der Waals surface area contributed by atoms with Gasteiger partial charge in [-0.15, -0.1) is 0 Å². The molecule has 2 rings (SSSR count). The lowest BCUT2D eigenvalue weighted by Gasteiger charge is -1.93. The maximum atomic E-state index is 5.41. The van der Waals surface area contributed by atoms with Gasteiger partial charge in [0.05, 0.1) is 6.10 Å². The molecule has 1 aliphatic heterocycles. The summed E-state index contributed by atoms with van der Waals surface area (Å²) in [6.45, 7) is 0. The van der Waals surface area contributed by atoms with E-state index in [0.29, 0.717) is 12.2 Å². The predicted molar refractivity (Wildman–Crippen MR) is 40.9 cm³/mol. The van der Waals surface area contributed by atoms with Crippen molar-refractivity contribution in [2.45, 2.75) is 44.3 Å². The van der Waals surface area contributed by atoms with Crippen molar-refractivity contribution in [3.05, 3.63) is 12.2 Å². The van der Waals surface area contributed by atoms with Crippen molar-refractivity contribution in [2.75, 3.05) is 0 Å². The quantitative estimate of drug-likeness (QED) is 0.369. The normalized spacial score (nSPS) is 42.4. The Morgan fingerprint density at radius 3 is 3.20 bits per heavy atom. The highest BCUT2D eigenvalue weighted by molar-refractivity contribution is 5.02. The molecule has 1 saturated heterocycles. The fraction of sp³-hybridized carbons (Fsp3) is 0.778. The summed E-state index contributed by atoms with van der Waals surface area (Å²) in [5.41, 5.74) is 0. The molecular formula is C9H14O. The number of fused-ring (bicyclic) bond motifs is 1. The average molecular weight is 138 g/mol. The molecule has 1 heterocycles. The van der Waals surface area contributed by atoms with E-state index in [2.05, 4.69) is 12.2 Å². The Bertz CT molecular complexity index is 140. The molecule has 0 aromatic carbocycles. The van der Waals surface area contributed by atoms with Gasteiger partial charge in [-0.05, 0) is 19.3 Å². The van der Waals surface area contributed by atoms with Gasteiger partial charge in [0.1, 0.15) is 6.10 Å². The standard InChI is InChI=1S/C9H14O/c1-2-4-6-8-9(10-8)7-5-3-1/h4,6,8-9H,1-3,5,7H2/b6-4-. The predicted octanol–water partition coefficient (Wildman–Crippen LogP) is 2.27. The van der Waals surface area contributed by atoms with E-state index in [1.165, 1.54) is 32.1 Å². The lowest BCUT2D eigenvalue weighted by molar-refractivity contribution is 0.371. The van der Waals surface area contributed by atoms with Gasteiger partial charge in [0.15, 0.2) is 0 Å². The van der Waals surface area contributed by atoms with Crippen LogP contribution in [0.15, 0.2) is 12.2 Å².